The molecule has 13 nitrogen and oxygen atoms in total. The molecule has 9 N–H and O–H groups in total. The first-order valence-corrected chi connectivity index (χ1v) is 10.7. The molecule has 0 saturated heterocycles. The second-order valence-corrected chi connectivity index (χ2v) is 7.67. The van der Waals surface area contributed by atoms with Gasteiger partial charge in [0, 0.05) is 6.42 Å². The fraction of sp³-hybridized carbons (Fsp3) is 0.647. The van der Waals surface area contributed by atoms with Crippen molar-refractivity contribution >= 4 is 47.3 Å². The zero-order chi connectivity index (χ0) is 24.1. The fourth-order valence-electron chi connectivity index (χ4n) is 2.28. The van der Waals surface area contributed by atoms with Crippen LogP contribution in [0.4, 0.5) is 0 Å². The molecule has 0 spiro atoms. The summed E-state index contributed by atoms with van der Waals surface area (Å²) in [6, 6.07) is -4.98. The van der Waals surface area contributed by atoms with Crippen LogP contribution >= 0.6 is 11.8 Å². The Kier molecular flexibility index (Phi) is 12.9. The lowest BCUT2D eigenvalue weighted by atomic mass is 10.1. The first-order valence-electron chi connectivity index (χ1n) is 9.27. The summed E-state index contributed by atoms with van der Waals surface area (Å²) in [5.41, 5.74) is 10.5. The van der Waals surface area contributed by atoms with Crippen LogP contribution in [0.25, 0.3) is 0 Å². The van der Waals surface area contributed by atoms with Gasteiger partial charge in [0.2, 0.25) is 23.6 Å². The summed E-state index contributed by atoms with van der Waals surface area (Å²) in [4.78, 5) is 69.6. The monoisotopic (exact) mass is 463 g/mol. The van der Waals surface area contributed by atoms with E-state index in [4.69, 9.17) is 21.7 Å². The molecule has 0 fully saturated rings. The first-order chi connectivity index (χ1) is 14.4. The van der Waals surface area contributed by atoms with Crippen molar-refractivity contribution in [3.63, 3.8) is 0 Å². The van der Waals surface area contributed by atoms with Crippen LogP contribution in [0.15, 0.2) is 0 Å². The lowest BCUT2D eigenvalue weighted by Crippen LogP contribution is -2.56. The second kappa shape index (κ2) is 14.2. The molecule has 31 heavy (non-hydrogen) atoms. The summed E-state index contributed by atoms with van der Waals surface area (Å²) < 4.78 is 0. The average molecular weight is 464 g/mol. The maximum Gasteiger partial charge on any atom is 0.326 e. The van der Waals surface area contributed by atoms with Gasteiger partial charge in [-0.1, -0.05) is 0 Å². The SMILES string of the molecule is CSCCC(NC(=O)C(N)CC(=O)O)C(=O)NC(C)C(=O)NC(CCC(N)=O)C(=O)O. The van der Waals surface area contributed by atoms with Crippen molar-refractivity contribution < 1.29 is 39.0 Å². The Hall–Kier alpha value is -2.87. The normalized spacial score (nSPS) is 14.4. The van der Waals surface area contributed by atoms with Crippen LogP contribution < -0.4 is 27.4 Å². The number of hydrogen-bond acceptors (Lipinski definition) is 8. The van der Waals surface area contributed by atoms with Crippen molar-refractivity contribution in [2.45, 2.75) is 56.8 Å². The largest absolute Gasteiger partial charge is 0.481 e. The third kappa shape index (κ3) is 11.8. The average Bonchev–Trinajstić information content (AvgIpc) is 2.66. The predicted molar refractivity (Wildman–Crippen MR) is 111 cm³/mol. The molecule has 0 aromatic rings. The molecule has 0 rings (SSSR count). The summed E-state index contributed by atoms with van der Waals surface area (Å²) in [6.45, 7) is 1.31. The molecule has 4 unspecified atom stereocenters. The van der Waals surface area contributed by atoms with E-state index in [1.807, 2.05) is 0 Å². The topological polar surface area (TPSA) is 231 Å². The predicted octanol–water partition coefficient (Wildman–Crippen LogP) is -2.63. The standard InChI is InChI=1S/C17H29N5O8S/c1-8(14(26)22-11(17(29)30)3-4-12(19)23)20-16(28)10(5-6-31-2)21-15(27)9(18)7-13(24)25/h8-11H,3-7,18H2,1-2H3,(H2,19,23)(H,20,28)(H,21,27)(H,22,26)(H,24,25)(H,29,30). The number of aliphatic carboxylic acids is 2. The minimum absolute atomic E-state index is 0.184. The van der Waals surface area contributed by atoms with Crippen molar-refractivity contribution in [3.8, 4) is 0 Å². The maximum atomic E-state index is 12.5. The Balaban J connectivity index is 5.03. The molecule has 4 amide bonds. The number of hydrogen-bond donors (Lipinski definition) is 7. The lowest BCUT2D eigenvalue weighted by molar-refractivity contribution is -0.142. The smallest absolute Gasteiger partial charge is 0.326 e. The van der Waals surface area contributed by atoms with Crippen molar-refractivity contribution in [1.82, 2.24) is 16.0 Å². The van der Waals surface area contributed by atoms with E-state index in [1.165, 1.54) is 18.7 Å². The highest BCUT2D eigenvalue weighted by Gasteiger charge is 2.28. The number of carbonyl (C=O) groups is 6. The third-order valence-corrected chi connectivity index (χ3v) is 4.66. The number of thioether (sulfide) groups is 1. The minimum atomic E-state index is -1.37. The van der Waals surface area contributed by atoms with Crippen LogP contribution in [-0.4, -0.2) is 82.0 Å². The summed E-state index contributed by atoms with van der Waals surface area (Å²) in [5, 5.41) is 24.8. The van der Waals surface area contributed by atoms with Crippen LogP contribution in [-0.2, 0) is 28.8 Å². The molecular weight excluding hydrogens is 434 g/mol. The Morgan fingerprint density at radius 1 is 0.903 bits per heavy atom. The maximum absolute atomic E-state index is 12.5. The van der Waals surface area contributed by atoms with E-state index in [1.54, 1.807) is 6.26 Å². The van der Waals surface area contributed by atoms with E-state index in [0.717, 1.165) is 0 Å². The zero-order valence-corrected chi connectivity index (χ0v) is 18.1. The van der Waals surface area contributed by atoms with Crippen LogP contribution in [0.1, 0.15) is 32.6 Å². The van der Waals surface area contributed by atoms with Gasteiger partial charge >= 0.3 is 11.9 Å². The van der Waals surface area contributed by atoms with Gasteiger partial charge in [0.25, 0.3) is 0 Å². The van der Waals surface area contributed by atoms with Gasteiger partial charge in [-0.3, -0.25) is 24.0 Å². The number of nitrogens with one attached hydrogen (secondary N) is 3. The van der Waals surface area contributed by atoms with Crippen molar-refractivity contribution in [1.29, 1.82) is 0 Å². The lowest BCUT2D eigenvalue weighted by Gasteiger charge is -2.23. The number of rotatable bonds is 15. The second-order valence-electron chi connectivity index (χ2n) is 6.68. The van der Waals surface area contributed by atoms with E-state index in [2.05, 4.69) is 16.0 Å². The first kappa shape index (κ1) is 28.1. The van der Waals surface area contributed by atoms with Gasteiger partial charge in [0.05, 0.1) is 12.5 Å². The molecule has 0 heterocycles. The third-order valence-electron chi connectivity index (χ3n) is 4.02. The molecule has 0 aromatic carbocycles. The van der Waals surface area contributed by atoms with Gasteiger partial charge in [0.15, 0.2) is 0 Å². The molecule has 14 heteroatoms. The van der Waals surface area contributed by atoms with E-state index in [-0.39, 0.29) is 19.3 Å². The Labute approximate surface area is 183 Å². The summed E-state index contributed by atoms with van der Waals surface area (Å²) in [7, 11) is 0. The van der Waals surface area contributed by atoms with Gasteiger partial charge in [0.1, 0.15) is 18.1 Å². The molecule has 4 atom stereocenters. The zero-order valence-electron chi connectivity index (χ0n) is 17.3. The van der Waals surface area contributed by atoms with E-state index >= 15 is 0 Å². The minimum Gasteiger partial charge on any atom is -0.481 e. The molecule has 0 aromatic heterocycles. The van der Waals surface area contributed by atoms with E-state index < -0.39 is 66.2 Å². The Morgan fingerprint density at radius 2 is 1.48 bits per heavy atom. The molecule has 176 valence electrons. The van der Waals surface area contributed by atoms with Gasteiger partial charge in [-0.15, -0.1) is 0 Å². The van der Waals surface area contributed by atoms with Crippen LogP contribution in [0.2, 0.25) is 0 Å². The quantitative estimate of drug-likeness (QED) is 0.133. The van der Waals surface area contributed by atoms with Crippen LogP contribution in [0.3, 0.4) is 0 Å². The summed E-state index contributed by atoms with van der Waals surface area (Å²) >= 11 is 1.40. The number of carboxylic acids is 2. The van der Waals surface area contributed by atoms with Crippen molar-refractivity contribution in [3.05, 3.63) is 0 Å². The fourth-order valence-corrected chi connectivity index (χ4v) is 2.76. The number of primary amides is 1. The molecule has 0 aliphatic rings. The van der Waals surface area contributed by atoms with Gasteiger partial charge in [-0.05, 0) is 31.8 Å². The highest BCUT2D eigenvalue weighted by atomic mass is 32.2. The van der Waals surface area contributed by atoms with Gasteiger partial charge in [-0.25, -0.2) is 4.79 Å². The Morgan fingerprint density at radius 3 is 1.97 bits per heavy atom. The highest BCUT2D eigenvalue weighted by Crippen LogP contribution is 2.04. The molecule has 0 aliphatic carbocycles. The molecule has 0 aliphatic heterocycles. The molecule has 0 bridgehead atoms. The van der Waals surface area contributed by atoms with Gasteiger partial charge < -0.3 is 37.6 Å². The Bertz CT molecular complexity index is 689. The van der Waals surface area contributed by atoms with Gasteiger partial charge in [-0.2, -0.15) is 11.8 Å². The number of amides is 4. The van der Waals surface area contributed by atoms with E-state index in [0.29, 0.717) is 5.75 Å². The molecular formula is C17H29N5O8S. The number of carboxylic acid groups (broad SMARTS) is 2. The van der Waals surface area contributed by atoms with Crippen LogP contribution in [0, 0.1) is 0 Å². The number of nitrogens with two attached hydrogens (primary N) is 2. The van der Waals surface area contributed by atoms with Crippen molar-refractivity contribution in [2.75, 3.05) is 12.0 Å². The molecule has 0 saturated carbocycles. The molecule has 0 radical (unpaired) electrons. The number of carbonyl (C=O) groups excluding carboxylic acids is 4. The summed E-state index contributed by atoms with van der Waals surface area (Å²) in [6.07, 6.45) is 0.871. The summed E-state index contributed by atoms with van der Waals surface area (Å²) in [5.74, 6) is -5.28. The highest BCUT2D eigenvalue weighted by molar-refractivity contribution is 7.98. The van der Waals surface area contributed by atoms with E-state index in [9.17, 15) is 28.8 Å². The van der Waals surface area contributed by atoms with Crippen LogP contribution in [0.5, 0.6) is 0 Å². The van der Waals surface area contributed by atoms with Crippen molar-refractivity contribution in [2.24, 2.45) is 11.5 Å².